The van der Waals surface area contributed by atoms with Gasteiger partial charge in [-0.15, -0.1) is 0 Å². The number of phosphoric acid groups is 3. The molecule has 7 unspecified atom stereocenters. The Morgan fingerprint density at radius 3 is 0.789 bits per heavy atom. The van der Waals surface area contributed by atoms with E-state index in [0.717, 1.165) is 0 Å². The second-order valence-electron chi connectivity index (χ2n) is 10.3. The summed E-state index contributed by atoms with van der Waals surface area (Å²) < 4.78 is 97.6. The van der Waals surface area contributed by atoms with Crippen LogP contribution in [0.25, 0.3) is 0 Å². The normalized spacial score (nSPS) is 23.1. The van der Waals surface area contributed by atoms with Gasteiger partial charge < -0.3 is 56.7 Å². The van der Waals surface area contributed by atoms with E-state index in [1.807, 2.05) is 0 Å². The zero-order valence-electron chi connectivity index (χ0n) is 33.0. The molecule has 312 valence electrons. The van der Waals surface area contributed by atoms with Crippen molar-refractivity contribution in [3.8, 4) is 0 Å². The number of phosphoric ester groups is 3. The van der Waals surface area contributed by atoms with Gasteiger partial charge in [-0.3, -0.25) is 56.0 Å². The molecule has 24 nitrogen and oxygen atoms in total. The Morgan fingerprint density at radius 1 is 0.386 bits per heavy atom. The molecule has 0 saturated heterocycles. The summed E-state index contributed by atoms with van der Waals surface area (Å²) in [7, 11) is -17.8. The fraction of sp³-hybridized carbons (Fsp3) is 0.778. The third kappa shape index (κ3) is 23.3. The van der Waals surface area contributed by atoms with E-state index in [2.05, 4.69) is 27.8 Å². The van der Waals surface area contributed by atoms with Crippen LogP contribution in [0.2, 0.25) is 0 Å². The first-order valence-corrected chi connectivity index (χ1v) is 20.5. The summed E-state index contributed by atoms with van der Waals surface area (Å²) in [5.74, 6) is -6.43. The number of esters is 6. The molecule has 0 aromatic rings. The van der Waals surface area contributed by atoms with Gasteiger partial charge in [-0.2, -0.15) is 0 Å². The summed E-state index contributed by atoms with van der Waals surface area (Å²) in [5, 5.41) is 0. The maximum Gasteiger partial charge on any atom is 1.00 e. The van der Waals surface area contributed by atoms with Crippen molar-refractivity contribution in [1.29, 1.82) is 0 Å². The van der Waals surface area contributed by atoms with Gasteiger partial charge in [-0.05, 0) is 0 Å². The van der Waals surface area contributed by atoms with Crippen LogP contribution in [0.15, 0.2) is 0 Å². The van der Waals surface area contributed by atoms with E-state index in [1.165, 1.54) is 41.5 Å². The molecule has 1 saturated carbocycles. The molecule has 7 atom stereocenters. The van der Waals surface area contributed by atoms with E-state index in [-0.39, 0.29) is 108 Å². The fourth-order valence-electron chi connectivity index (χ4n) is 3.90. The van der Waals surface area contributed by atoms with Gasteiger partial charge in [0.25, 0.3) is 23.5 Å². The summed E-state index contributed by atoms with van der Waals surface area (Å²) in [6.45, 7) is 3.84. The Kier molecular flexibility index (Phi) is 32.6. The SMILES string of the molecule is CCC(=O)OCOP(=O)([O-])OC1C(OC(=O)CC)C(OC(=O)CC)C(OC(=O)CC)C(OP(=O)([O-])OCOC(=O)CC)C1OP(=O)([O-])OCOC(=O)CC.[Na+].[Na+].[Na+]. The molecule has 1 aliphatic rings. The van der Waals surface area contributed by atoms with Crippen molar-refractivity contribution in [2.45, 2.75) is 117 Å². The standard InChI is InChI=1S/C27H45O24P3.3Na/c1-7-16(28)40-13-43-52(34,35)49-25-23(47-20(32)11-5)22(46-19(31)10-4)24(48-21(33)12-6)26(50-53(36,37)44-14-41-17(29)8-2)27(25)51-54(38,39)45-15-42-18(30)9-3;;;/h22-27H,7-15H2,1-6H3,(H,34,35)(H,36,37)(H,38,39);;;/q;3*+1/p-3. The number of carbonyl (C=O) groups is 6. The maximum absolute atomic E-state index is 13.1. The number of hydrogen-bond acceptors (Lipinski definition) is 24. The minimum Gasteiger partial charge on any atom is -0.756 e. The minimum absolute atomic E-state index is 0. The van der Waals surface area contributed by atoms with Crippen molar-refractivity contribution in [2.75, 3.05) is 20.4 Å². The molecule has 0 radical (unpaired) electrons. The first kappa shape index (κ1) is 61.4. The maximum atomic E-state index is 13.1. The van der Waals surface area contributed by atoms with Crippen molar-refractivity contribution in [3.63, 3.8) is 0 Å². The predicted octanol–water partition coefficient (Wildman–Crippen LogP) is -8.68. The van der Waals surface area contributed by atoms with Gasteiger partial charge in [-0.25, -0.2) is 0 Å². The Hall–Kier alpha value is 0.150. The molecule has 0 amide bonds. The fourth-order valence-corrected chi connectivity index (χ4v) is 6.25. The van der Waals surface area contributed by atoms with Crippen LogP contribution in [-0.2, 0) is 98.0 Å². The average Bonchev–Trinajstić information content (AvgIpc) is 3.11. The van der Waals surface area contributed by atoms with E-state index in [9.17, 15) is 57.1 Å². The Balaban J connectivity index is -0.00000972. The molecule has 1 rings (SSSR count). The largest absolute Gasteiger partial charge is 1.00 e. The number of rotatable bonds is 24. The predicted molar refractivity (Wildman–Crippen MR) is 165 cm³/mol. The summed E-state index contributed by atoms with van der Waals surface area (Å²) >= 11 is 0. The van der Waals surface area contributed by atoms with Gasteiger partial charge in [0.1, 0.15) is 18.3 Å². The third-order valence-corrected chi connectivity index (χ3v) is 9.29. The quantitative estimate of drug-likeness (QED) is 0.0285. The van der Waals surface area contributed by atoms with Crippen molar-refractivity contribution in [2.24, 2.45) is 0 Å². The molecule has 0 aliphatic heterocycles. The van der Waals surface area contributed by atoms with E-state index in [4.69, 9.17) is 27.8 Å². The molecular weight excluding hydrogens is 870 g/mol. The molecule has 0 bridgehead atoms. The second-order valence-corrected chi connectivity index (χ2v) is 14.4. The van der Waals surface area contributed by atoms with Gasteiger partial charge in [0.2, 0.25) is 0 Å². The van der Waals surface area contributed by atoms with Crippen molar-refractivity contribution >= 4 is 59.3 Å². The Morgan fingerprint density at radius 2 is 0.579 bits per heavy atom. The molecule has 1 aliphatic carbocycles. The van der Waals surface area contributed by atoms with Crippen LogP contribution >= 0.6 is 23.5 Å². The van der Waals surface area contributed by atoms with Crippen LogP contribution < -0.4 is 103 Å². The van der Waals surface area contributed by atoms with E-state index < -0.39 is 136 Å². The number of carbonyl (C=O) groups excluding carboxylic acids is 6. The average molecular weight is 913 g/mol. The smallest absolute Gasteiger partial charge is 0.756 e. The van der Waals surface area contributed by atoms with Gasteiger partial charge in [-0.1, -0.05) is 41.5 Å². The first-order chi connectivity index (χ1) is 25.2. The van der Waals surface area contributed by atoms with Gasteiger partial charge in [0, 0.05) is 38.5 Å². The van der Waals surface area contributed by atoms with E-state index >= 15 is 0 Å². The summed E-state index contributed by atoms with van der Waals surface area (Å²) in [4.78, 5) is 112. The minimum atomic E-state index is -5.98. The molecule has 1 fully saturated rings. The Bertz CT molecular complexity index is 1380. The molecule has 57 heavy (non-hydrogen) atoms. The molecule has 0 N–H and O–H groups in total. The zero-order valence-corrected chi connectivity index (χ0v) is 41.7. The van der Waals surface area contributed by atoms with Crippen LogP contribution in [0.1, 0.15) is 80.1 Å². The zero-order chi connectivity index (χ0) is 41.3. The van der Waals surface area contributed by atoms with Crippen molar-refractivity contribution in [3.05, 3.63) is 0 Å². The van der Waals surface area contributed by atoms with Gasteiger partial charge >= 0.3 is 124 Å². The number of hydrogen-bond donors (Lipinski definition) is 0. The van der Waals surface area contributed by atoms with Crippen molar-refractivity contribution < 1.29 is 201 Å². The van der Waals surface area contributed by atoms with Gasteiger partial charge in [0.15, 0.2) is 38.7 Å². The van der Waals surface area contributed by atoms with Crippen LogP contribution in [0.5, 0.6) is 0 Å². The van der Waals surface area contributed by atoms with E-state index in [1.54, 1.807) is 0 Å². The van der Waals surface area contributed by atoms with E-state index in [0.29, 0.717) is 0 Å². The molecule has 0 heterocycles. The van der Waals surface area contributed by atoms with Crippen LogP contribution in [0, 0.1) is 0 Å². The summed E-state index contributed by atoms with van der Waals surface area (Å²) in [6.07, 6.45) is -17.4. The Labute approximate surface area is 394 Å². The van der Waals surface area contributed by atoms with Gasteiger partial charge in [0.05, 0.1) is 0 Å². The monoisotopic (exact) mass is 912 g/mol. The number of ether oxygens (including phenoxy) is 6. The second kappa shape index (κ2) is 30.2. The summed E-state index contributed by atoms with van der Waals surface area (Å²) in [5.41, 5.74) is 0. The molecule has 0 aromatic carbocycles. The first-order valence-electron chi connectivity index (χ1n) is 16.2. The van der Waals surface area contributed by atoms with Crippen LogP contribution in [0.3, 0.4) is 0 Å². The third-order valence-electron chi connectivity index (χ3n) is 6.52. The summed E-state index contributed by atoms with van der Waals surface area (Å²) in [6, 6.07) is 0. The molecule has 30 heteroatoms. The van der Waals surface area contributed by atoms with Crippen LogP contribution in [-0.4, -0.2) is 92.8 Å². The molecule has 0 aromatic heterocycles. The van der Waals surface area contributed by atoms with Crippen molar-refractivity contribution in [1.82, 2.24) is 0 Å². The van der Waals surface area contributed by atoms with Crippen LogP contribution in [0.4, 0.5) is 0 Å². The topological polar surface area (TPSA) is 334 Å². The molecular formula is C27H42Na3O24P3. The molecule has 0 spiro atoms.